The van der Waals surface area contributed by atoms with Crippen LogP contribution in [0.4, 0.5) is 15.9 Å². The highest BCUT2D eigenvalue weighted by Crippen LogP contribution is 2.37. The van der Waals surface area contributed by atoms with Gasteiger partial charge in [-0.1, -0.05) is 48.5 Å². The van der Waals surface area contributed by atoms with E-state index in [1.165, 1.54) is 12.1 Å². The number of para-hydroxylation sites is 1. The summed E-state index contributed by atoms with van der Waals surface area (Å²) in [5.74, 6) is 0.749. The molecule has 0 amide bonds. The molecule has 0 saturated carbocycles. The zero-order valence-electron chi connectivity index (χ0n) is 18.7. The highest BCUT2D eigenvalue weighted by molar-refractivity contribution is 6.02. The Balaban J connectivity index is 1.41. The molecule has 0 spiro atoms. The molecular weight excluding hydrogens is 425 g/mol. The predicted octanol–water partition coefficient (Wildman–Crippen LogP) is 5.55. The van der Waals surface area contributed by atoms with E-state index in [1.54, 1.807) is 6.33 Å². The summed E-state index contributed by atoms with van der Waals surface area (Å²) in [7, 11) is 0. The van der Waals surface area contributed by atoms with E-state index in [2.05, 4.69) is 57.0 Å². The average Bonchev–Trinajstić information content (AvgIpc) is 3.30. The second-order valence-corrected chi connectivity index (χ2v) is 8.46. The van der Waals surface area contributed by atoms with E-state index in [0.29, 0.717) is 0 Å². The van der Waals surface area contributed by atoms with Crippen molar-refractivity contribution in [3.8, 4) is 16.8 Å². The number of nitrogens with zero attached hydrogens (tertiary/aromatic N) is 5. The van der Waals surface area contributed by atoms with Gasteiger partial charge in [-0.3, -0.25) is 0 Å². The van der Waals surface area contributed by atoms with Crippen molar-refractivity contribution in [3.63, 3.8) is 0 Å². The summed E-state index contributed by atoms with van der Waals surface area (Å²) < 4.78 is 15.5. The third-order valence-electron chi connectivity index (χ3n) is 6.45. The van der Waals surface area contributed by atoms with Gasteiger partial charge >= 0.3 is 0 Å². The maximum absolute atomic E-state index is 13.3. The van der Waals surface area contributed by atoms with Gasteiger partial charge in [0.25, 0.3) is 0 Å². The van der Waals surface area contributed by atoms with E-state index in [4.69, 9.17) is 9.97 Å². The lowest BCUT2D eigenvalue weighted by Crippen LogP contribution is -2.46. The van der Waals surface area contributed by atoms with Crippen LogP contribution in [-0.2, 0) is 0 Å². The molecule has 0 radical (unpaired) electrons. The van der Waals surface area contributed by atoms with Crippen LogP contribution in [0.5, 0.6) is 0 Å². The summed E-state index contributed by atoms with van der Waals surface area (Å²) in [5, 5.41) is 1.06. The van der Waals surface area contributed by atoms with E-state index < -0.39 is 0 Å². The van der Waals surface area contributed by atoms with Crippen molar-refractivity contribution in [2.24, 2.45) is 0 Å². The molecule has 3 aromatic carbocycles. The fraction of sp³-hybridized carbons (Fsp3) is 0.143. The summed E-state index contributed by atoms with van der Waals surface area (Å²) in [6.45, 7) is 3.34. The summed E-state index contributed by atoms with van der Waals surface area (Å²) in [4.78, 5) is 14.1. The Hall–Kier alpha value is -4.19. The molecule has 1 saturated heterocycles. The smallest absolute Gasteiger partial charge is 0.150 e. The average molecular weight is 450 g/mol. The molecule has 0 N–H and O–H groups in total. The zero-order chi connectivity index (χ0) is 22.9. The van der Waals surface area contributed by atoms with Crippen molar-refractivity contribution in [2.45, 2.75) is 0 Å². The Morgan fingerprint density at radius 2 is 1.29 bits per heavy atom. The number of piperazine rings is 1. The van der Waals surface area contributed by atoms with Crippen LogP contribution in [-0.4, -0.2) is 40.7 Å². The molecule has 0 atom stereocenters. The molecule has 6 rings (SSSR count). The Kier molecular flexibility index (Phi) is 5.18. The van der Waals surface area contributed by atoms with Crippen LogP contribution >= 0.6 is 0 Å². The van der Waals surface area contributed by atoms with Crippen LogP contribution in [0.15, 0.2) is 97.5 Å². The van der Waals surface area contributed by atoms with Crippen molar-refractivity contribution < 1.29 is 4.39 Å². The number of hydrogen-bond acceptors (Lipinski definition) is 4. The molecular formula is C28H24FN5. The largest absolute Gasteiger partial charge is 0.368 e. The lowest BCUT2D eigenvalue weighted by atomic mass is 10.1. The van der Waals surface area contributed by atoms with Gasteiger partial charge < -0.3 is 14.4 Å². The number of benzene rings is 3. The Labute approximate surface area is 197 Å². The molecule has 0 unspecified atom stereocenters. The van der Waals surface area contributed by atoms with Crippen molar-refractivity contribution >= 4 is 22.5 Å². The van der Waals surface area contributed by atoms with E-state index in [9.17, 15) is 4.39 Å². The highest BCUT2D eigenvalue weighted by atomic mass is 19.1. The second-order valence-electron chi connectivity index (χ2n) is 8.46. The van der Waals surface area contributed by atoms with Gasteiger partial charge in [0.2, 0.25) is 0 Å². The van der Waals surface area contributed by atoms with Crippen molar-refractivity contribution in [2.75, 3.05) is 36.0 Å². The van der Waals surface area contributed by atoms with Gasteiger partial charge in [0, 0.05) is 49.3 Å². The fourth-order valence-electron chi connectivity index (χ4n) is 4.74. The first-order chi connectivity index (χ1) is 16.8. The molecule has 34 heavy (non-hydrogen) atoms. The highest BCUT2D eigenvalue weighted by Gasteiger charge is 2.24. The summed E-state index contributed by atoms with van der Waals surface area (Å²) >= 11 is 0. The monoisotopic (exact) mass is 449 g/mol. The van der Waals surface area contributed by atoms with E-state index in [1.807, 2.05) is 36.4 Å². The first kappa shape index (κ1) is 20.4. The lowest BCUT2D eigenvalue weighted by molar-refractivity contribution is 0.624. The van der Waals surface area contributed by atoms with Gasteiger partial charge in [-0.2, -0.15) is 0 Å². The first-order valence-corrected chi connectivity index (χ1v) is 11.5. The van der Waals surface area contributed by atoms with Crippen LogP contribution in [0.2, 0.25) is 0 Å². The summed E-state index contributed by atoms with van der Waals surface area (Å²) in [6.07, 6.45) is 3.83. The van der Waals surface area contributed by atoms with Crippen molar-refractivity contribution in [1.29, 1.82) is 0 Å². The number of rotatable bonds is 4. The molecule has 0 bridgehead atoms. The minimum absolute atomic E-state index is 0.206. The Morgan fingerprint density at radius 3 is 2.00 bits per heavy atom. The standard InChI is InChI=1S/C28H24FN5/c29-22-11-13-23(14-12-22)32-15-17-33(18-16-32)27-26-25(21-7-3-1-4-8-21)19-34(28(26)31-20-30-27)24-9-5-2-6-10-24/h1-14,19-20H,15-18H2. The summed E-state index contributed by atoms with van der Waals surface area (Å²) in [6, 6.07) is 27.5. The molecule has 1 aliphatic rings. The lowest BCUT2D eigenvalue weighted by Gasteiger charge is -2.37. The Morgan fingerprint density at radius 1 is 0.647 bits per heavy atom. The van der Waals surface area contributed by atoms with E-state index in [0.717, 1.165) is 65.5 Å². The van der Waals surface area contributed by atoms with Crippen LogP contribution in [0.1, 0.15) is 0 Å². The molecule has 3 heterocycles. The molecule has 1 fully saturated rings. The van der Waals surface area contributed by atoms with Gasteiger partial charge in [0.15, 0.2) is 5.65 Å². The number of fused-ring (bicyclic) bond motifs is 1. The SMILES string of the molecule is Fc1ccc(N2CCN(c3ncnc4c3c(-c3ccccc3)cn4-c3ccccc3)CC2)cc1. The van der Waals surface area contributed by atoms with Gasteiger partial charge in [0.1, 0.15) is 18.0 Å². The second kappa shape index (κ2) is 8.63. The molecule has 5 nitrogen and oxygen atoms in total. The van der Waals surface area contributed by atoms with E-state index in [-0.39, 0.29) is 5.82 Å². The van der Waals surface area contributed by atoms with Gasteiger partial charge in [-0.25, -0.2) is 14.4 Å². The van der Waals surface area contributed by atoms with Crippen LogP contribution in [0.3, 0.4) is 0 Å². The van der Waals surface area contributed by atoms with Crippen LogP contribution in [0.25, 0.3) is 27.8 Å². The minimum atomic E-state index is -0.206. The topological polar surface area (TPSA) is 37.2 Å². The number of hydrogen-bond donors (Lipinski definition) is 0. The van der Waals surface area contributed by atoms with Gasteiger partial charge in [0.05, 0.1) is 5.39 Å². The third kappa shape index (κ3) is 3.67. The van der Waals surface area contributed by atoms with Crippen LogP contribution in [0, 0.1) is 5.82 Å². The Bertz CT molecular complexity index is 1410. The third-order valence-corrected chi connectivity index (χ3v) is 6.45. The molecule has 6 heteroatoms. The first-order valence-electron chi connectivity index (χ1n) is 11.5. The van der Waals surface area contributed by atoms with E-state index >= 15 is 0 Å². The summed E-state index contributed by atoms with van der Waals surface area (Å²) in [5.41, 5.74) is 5.28. The number of halogens is 1. The van der Waals surface area contributed by atoms with Crippen molar-refractivity contribution in [1.82, 2.24) is 14.5 Å². The minimum Gasteiger partial charge on any atom is -0.368 e. The number of aromatic nitrogens is 3. The molecule has 0 aliphatic carbocycles. The quantitative estimate of drug-likeness (QED) is 0.360. The predicted molar refractivity (Wildman–Crippen MR) is 135 cm³/mol. The maximum Gasteiger partial charge on any atom is 0.150 e. The van der Waals surface area contributed by atoms with Gasteiger partial charge in [-0.05, 0) is 42.0 Å². The normalized spacial score (nSPS) is 14.0. The molecule has 5 aromatic rings. The fourth-order valence-corrected chi connectivity index (χ4v) is 4.74. The number of anilines is 2. The molecule has 2 aromatic heterocycles. The zero-order valence-corrected chi connectivity index (χ0v) is 18.7. The van der Waals surface area contributed by atoms with Crippen LogP contribution < -0.4 is 9.80 Å². The van der Waals surface area contributed by atoms with Crippen molar-refractivity contribution in [3.05, 3.63) is 103 Å². The molecule has 1 aliphatic heterocycles. The van der Waals surface area contributed by atoms with Gasteiger partial charge in [-0.15, -0.1) is 0 Å². The molecule has 168 valence electrons. The maximum atomic E-state index is 13.3.